The Morgan fingerprint density at radius 3 is 2.39 bits per heavy atom. The molecule has 1 aliphatic heterocycles. The molecule has 23 heavy (non-hydrogen) atoms. The van der Waals surface area contributed by atoms with Gasteiger partial charge >= 0.3 is 0 Å². The lowest BCUT2D eigenvalue weighted by molar-refractivity contribution is -0.121. The summed E-state index contributed by atoms with van der Waals surface area (Å²) in [5, 5.41) is 2.99. The van der Waals surface area contributed by atoms with Crippen molar-refractivity contribution in [2.45, 2.75) is 32.2 Å². The average molecular weight is 340 g/mol. The van der Waals surface area contributed by atoms with Gasteiger partial charge in [-0.1, -0.05) is 12.1 Å². The molecule has 0 aliphatic carbocycles. The highest BCUT2D eigenvalue weighted by molar-refractivity contribution is 7.89. The van der Waals surface area contributed by atoms with Crippen LogP contribution in [0.5, 0.6) is 5.75 Å². The molecule has 0 spiro atoms. The van der Waals surface area contributed by atoms with Crippen molar-refractivity contribution in [3.63, 3.8) is 0 Å². The standard InChI is InChI=1S/C16H24N2O4S/c1-3-23(20,21)18-10-8-14(9-11-18)17-16(19)12-13-4-6-15(22-2)7-5-13/h4-7,14H,3,8-12H2,1-2H3,(H,17,19). The van der Waals surface area contributed by atoms with Crippen LogP contribution in [0, 0.1) is 0 Å². The van der Waals surface area contributed by atoms with Crippen molar-refractivity contribution in [1.82, 2.24) is 9.62 Å². The molecule has 7 heteroatoms. The number of carbonyl (C=O) groups is 1. The average Bonchev–Trinajstić information content (AvgIpc) is 2.56. The normalized spacial score (nSPS) is 17.0. The van der Waals surface area contributed by atoms with E-state index in [1.807, 2.05) is 24.3 Å². The van der Waals surface area contributed by atoms with E-state index in [1.165, 1.54) is 4.31 Å². The molecular formula is C16H24N2O4S. The predicted molar refractivity (Wildman–Crippen MR) is 88.9 cm³/mol. The number of amides is 1. The van der Waals surface area contributed by atoms with Crippen LogP contribution in [0.3, 0.4) is 0 Å². The first-order valence-electron chi connectivity index (χ1n) is 7.84. The minimum absolute atomic E-state index is 0.0352. The topological polar surface area (TPSA) is 75.7 Å². The van der Waals surface area contributed by atoms with Crippen LogP contribution in [-0.2, 0) is 21.2 Å². The lowest BCUT2D eigenvalue weighted by Crippen LogP contribution is -2.47. The van der Waals surface area contributed by atoms with E-state index < -0.39 is 10.0 Å². The van der Waals surface area contributed by atoms with Gasteiger partial charge in [0.25, 0.3) is 0 Å². The van der Waals surface area contributed by atoms with E-state index in [9.17, 15) is 13.2 Å². The van der Waals surface area contributed by atoms with Gasteiger partial charge in [-0.05, 0) is 37.5 Å². The fourth-order valence-corrected chi connectivity index (χ4v) is 3.80. The van der Waals surface area contributed by atoms with Gasteiger partial charge in [0.05, 0.1) is 19.3 Å². The fourth-order valence-electron chi connectivity index (χ4n) is 2.67. The number of nitrogens with zero attached hydrogens (tertiary/aromatic N) is 1. The Labute approximate surface area is 137 Å². The van der Waals surface area contributed by atoms with E-state index >= 15 is 0 Å². The second-order valence-electron chi connectivity index (χ2n) is 5.67. The van der Waals surface area contributed by atoms with Gasteiger partial charge in [-0.15, -0.1) is 0 Å². The molecule has 0 unspecified atom stereocenters. The number of ether oxygens (including phenoxy) is 1. The number of carbonyl (C=O) groups excluding carboxylic acids is 1. The maximum atomic E-state index is 12.1. The van der Waals surface area contributed by atoms with Crippen molar-refractivity contribution in [3.05, 3.63) is 29.8 Å². The van der Waals surface area contributed by atoms with Crippen molar-refractivity contribution in [1.29, 1.82) is 0 Å². The van der Waals surface area contributed by atoms with Crippen molar-refractivity contribution >= 4 is 15.9 Å². The second kappa shape index (κ2) is 7.79. The highest BCUT2D eigenvalue weighted by Gasteiger charge is 2.27. The third kappa shape index (κ3) is 4.94. The Balaban J connectivity index is 1.80. The van der Waals surface area contributed by atoms with Crippen LogP contribution in [0.25, 0.3) is 0 Å². The summed E-state index contributed by atoms with van der Waals surface area (Å²) in [7, 11) is -1.52. The van der Waals surface area contributed by atoms with Crippen molar-refractivity contribution in [2.75, 3.05) is 26.0 Å². The van der Waals surface area contributed by atoms with Crippen LogP contribution in [0.1, 0.15) is 25.3 Å². The second-order valence-corrected chi connectivity index (χ2v) is 7.92. The number of rotatable bonds is 6. The lowest BCUT2D eigenvalue weighted by atomic mass is 10.1. The Hall–Kier alpha value is -1.60. The van der Waals surface area contributed by atoms with E-state index in [0.29, 0.717) is 32.4 Å². The van der Waals surface area contributed by atoms with Gasteiger partial charge in [-0.3, -0.25) is 4.79 Å². The number of nitrogens with one attached hydrogen (secondary N) is 1. The summed E-state index contributed by atoms with van der Waals surface area (Å²) in [4.78, 5) is 12.1. The van der Waals surface area contributed by atoms with E-state index in [2.05, 4.69) is 5.32 Å². The SMILES string of the molecule is CCS(=O)(=O)N1CCC(NC(=O)Cc2ccc(OC)cc2)CC1. The molecule has 0 radical (unpaired) electrons. The van der Waals surface area contributed by atoms with Crippen LogP contribution < -0.4 is 10.1 Å². The molecule has 1 fully saturated rings. The maximum absolute atomic E-state index is 12.1. The number of methoxy groups -OCH3 is 1. The summed E-state index contributed by atoms with van der Waals surface area (Å²) in [6, 6.07) is 7.45. The molecule has 128 valence electrons. The Morgan fingerprint density at radius 1 is 1.26 bits per heavy atom. The van der Waals surface area contributed by atoms with Gasteiger partial charge in [0.2, 0.25) is 15.9 Å². The molecule has 1 aromatic rings. The summed E-state index contributed by atoms with van der Waals surface area (Å²) >= 11 is 0. The van der Waals surface area contributed by atoms with E-state index in [0.717, 1.165) is 11.3 Å². The van der Waals surface area contributed by atoms with Gasteiger partial charge in [-0.2, -0.15) is 0 Å². The van der Waals surface area contributed by atoms with E-state index in [4.69, 9.17) is 4.74 Å². The van der Waals surface area contributed by atoms with E-state index in [1.54, 1.807) is 14.0 Å². The Bertz CT molecular complexity index is 620. The Morgan fingerprint density at radius 2 is 1.87 bits per heavy atom. The van der Waals surface area contributed by atoms with Gasteiger partial charge in [0, 0.05) is 19.1 Å². The number of sulfonamides is 1. The summed E-state index contributed by atoms with van der Waals surface area (Å²) < 4.78 is 30.2. The summed E-state index contributed by atoms with van der Waals surface area (Å²) in [6.07, 6.45) is 1.64. The molecule has 0 aromatic heterocycles. The molecule has 1 saturated heterocycles. The summed E-state index contributed by atoms with van der Waals surface area (Å²) in [5.74, 6) is 0.854. The maximum Gasteiger partial charge on any atom is 0.224 e. The molecule has 1 aliphatic rings. The number of piperidine rings is 1. The molecule has 6 nitrogen and oxygen atoms in total. The van der Waals surface area contributed by atoms with Crippen molar-refractivity contribution < 1.29 is 17.9 Å². The van der Waals surface area contributed by atoms with Gasteiger partial charge in [0.1, 0.15) is 5.75 Å². The fraction of sp³-hybridized carbons (Fsp3) is 0.562. The lowest BCUT2D eigenvalue weighted by Gasteiger charge is -2.31. The molecule has 0 atom stereocenters. The van der Waals surface area contributed by atoms with Crippen LogP contribution in [-0.4, -0.2) is 50.6 Å². The molecule has 1 N–H and O–H groups in total. The van der Waals surface area contributed by atoms with Gasteiger partial charge in [-0.25, -0.2) is 12.7 Å². The third-order valence-electron chi connectivity index (χ3n) is 4.10. The minimum Gasteiger partial charge on any atom is -0.497 e. The number of benzene rings is 1. The first kappa shape index (κ1) is 17.7. The highest BCUT2D eigenvalue weighted by Crippen LogP contribution is 2.15. The smallest absolute Gasteiger partial charge is 0.224 e. The van der Waals surface area contributed by atoms with Crippen molar-refractivity contribution in [3.8, 4) is 5.75 Å². The zero-order valence-electron chi connectivity index (χ0n) is 13.6. The zero-order chi connectivity index (χ0) is 16.9. The van der Waals surface area contributed by atoms with Crippen molar-refractivity contribution in [2.24, 2.45) is 0 Å². The molecule has 1 amide bonds. The van der Waals surface area contributed by atoms with Gasteiger partial charge in [0.15, 0.2) is 0 Å². The predicted octanol–water partition coefficient (Wildman–Crippen LogP) is 1.17. The monoisotopic (exact) mass is 340 g/mol. The highest BCUT2D eigenvalue weighted by atomic mass is 32.2. The molecular weight excluding hydrogens is 316 g/mol. The first-order chi connectivity index (χ1) is 10.9. The molecule has 1 aromatic carbocycles. The van der Waals surface area contributed by atoms with E-state index in [-0.39, 0.29) is 17.7 Å². The van der Waals surface area contributed by atoms with Crippen LogP contribution in [0.4, 0.5) is 0 Å². The van der Waals surface area contributed by atoms with Gasteiger partial charge < -0.3 is 10.1 Å². The minimum atomic E-state index is -3.12. The third-order valence-corrected chi connectivity index (χ3v) is 5.98. The van der Waals surface area contributed by atoms with Crippen LogP contribution in [0.15, 0.2) is 24.3 Å². The van der Waals surface area contributed by atoms with Crippen LogP contribution >= 0.6 is 0 Å². The summed E-state index contributed by atoms with van der Waals surface area (Å²) in [5.41, 5.74) is 0.925. The molecule has 0 bridgehead atoms. The molecule has 0 saturated carbocycles. The number of hydrogen-bond acceptors (Lipinski definition) is 4. The quantitative estimate of drug-likeness (QED) is 0.843. The number of hydrogen-bond donors (Lipinski definition) is 1. The summed E-state index contributed by atoms with van der Waals surface area (Å²) in [6.45, 7) is 2.60. The first-order valence-corrected chi connectivity index (χ1v) is 9.45. The Kier molecular flexibility index (Phi) is 6.01. The largest absolute Gasteiger partial charge is 0.497 e. The zero-order valence-corrected chi connectivity index (χ0v) is 14.4. The molecule has 2 rings (SSSR count). The molecule has 1 heterocycles. The van der Waals surface area contributed by atoms with Crippen LogP contribution in [0.2, 0.25) is 0 Å².